The Morgan fingerprint density at radius 1 is 1.05 bits per heavy atom. The van der Waals surface area contributed by atoms with Crippen LogP contribution in [0.1, 0.15) is 16.7 Å². The predicted octanol–water partition coefficient (Wildman–Crippen LogP) is 2.53. The summed E-state index contributed by atoms with van der Waals surface area (Å²) in [6, 6.07) is 17.4. The quantitative estimate of drug-likeness (QED) is 0.524. The molecule has 1 unspecified atom stereocenters. The molecule has 2 aromatic rings. The van der Waals surface area contributed by atoms with Gasteiger partial charge in [-0.2, -0.15) is 0 Å². The SMILES string of the molecule is NC1=C2c3ccccc3C=[N+]([O-])[N+]2(Cc2ccccc2)N=N1. The smallest absolute Gasteiger partial charge is 0.274 e. The lowest BCUT2D eigenvalue weighted by atomic mass is 10.0. The third kappa shape index (κ3) is 1.68. The molecule has 6 heteroatoms. The highest BCUT2D eigenvalue weighted by Gasteiger charge is 2.53. The van der Waals surface area contributed by atoms with Crippen LogP contribution in [0.15, 0.2) is 70.8 Å². The Hall–Kier alpha value is -2.99. The third-order valence-electron chi connectivity index (χ3n) is 3.94. The van der Waals surface area contributed by atoms with E-state index in [0.29, 0.717) is 12.2 Å². The van der Waals surface area contributed by atoms with Gasteiger partial charge in [0.25, 0.3) is 11.9 Å². The third-order valence-corrected chi connectivity index (χ3v) is 3.94. The number of quaternary nitrogens is 1. The summed E-state index contributed by atoms with van der Waals surface area (Å²) >= 11 is 0. The molecule has 4 rings (SSSR count). The van der Waals surface area contributed by atoms with Crippen molar-refractivity contribution in [2.75, 3.05) is 0 Å². The summed E-state index contributed by atoms with van der Waals surface area (Å²) in [7, 11) is 0. The summed E-state index contributed by atoms with van der Waals surface area (Å²) in [4.78, 5) is 0.814. The number of hydrogen-bond acceptors (Lipinski definition) is 4. The highest BCUT2D eigenvalue weighted by molar-refractivity contribution is 5.86. The van der Waals surface area contributed by atoms with Crippen LogP contribution in [0.25, 0.3) is 5.70 Å². The second kappa shape index (κ2) is 4.51. The highest BCUT2D eigenvalue weighted by Crippen LogP contribution is 2.41. The van der Waals surface area contributed by atoms with Crippen LogP contribution in [-0.4, -0.2) is 15.8 Å². The highest BCUT2D eigenvalue weighted by atomic mass is 16.6. The molecule has 2 aromatic carbocycles. The molecule has 0 spiro atoms. The standard InChI is InChI=1S/C16H14N5O/c17-16-15-14-9-5-4-8-13(14)10-20(22)21(15,19-18-16)11-12-6-2-1-3-7-12/h1-10H,11,17H2/q+1. The van der Waals surface area contributed by atoms with Crippen LogP contribution in [0, 0.1) is 5.21 Å². The molecule has 0 amide bonds. The van der Waals surface area contributed by atoms with Gasteiger partial charge in [0.2, 0.25) is 5.82 Å². The van der Waals surface area contributed by atoms with Gasteiger partial charge in [0.1, 0.15) is 5.22 Å². The summed E-state index contributed by atoms with van der Waals surface area (Å²) in [6.07, 6.45) is 1.54. The average molecular weight is 292 g/mol. The summed E-state index contributed by atoms with van der Waals surface area (Å²) in [5.41, 5.74) is 9.37. The van der Waals surface area contributed by atoms with Gasteiger partial charge in [-0.05, 0) is 12.1 Å². The maximum atomic E-state index is 12.7. The molecule has 0 radical (unpaired) electrons. The predicted molar refractivity (Wildman–Crippen MR) is 81.6 cm³/mol. The molecule has 0 fully saturated rings. The van der Waals surface area contributed by atoms with E-state index in [1.807, 2.05) is 54.6 Å². The number of nitrogens with two attached hydrogens (primary N) is 1. The first-order valence-electron chi connectivity index (χ1n) is 6.97. The lowest BCUT2D eigenvalue weighted by molar-refractivity contribution is -1.29. The van der Waals surface area contributed by atoms with Crippen LogP contribution in [-0.2, 0) is 6.54 Å². The van der Waals surface area contributed by atoms with E-state index < -0.39 is 0 Å². The van der Waals surface area contributed by atoms with E-state index >= 15 is 0 Å². The number of nitrogens with zero attached hydrogens (tertiary/aromatic N) is 4. The summed E-state index contributed by atoms with van der Waals surface area (Å²) in [6.45, 7) is 0.370. The molecular formula is C16H14N5O+. The van der Waals surface area contributed by atoms with E-state index in [4.69, 9.17) is 5.73 Å². The van der Waals surface area contributed by atoms with Crippen molar-refractivity contribution in [3.63, 3.8) is 0 Å². The lowest BCUT2D eigenvalue weighted by Crippen LogP contribution is -2.48. The zero-order valence-electron chi connectivity index (χ0n) is 11.8. The Kier molecular flexibility index (Phi) is 2.61. The molecule has 0 saturated heterocycles. The summed E-state index contributed by atoms with van der Waals surface area (Å²) in [5.74, 6) is 0.289. The molecule has 2 N–H and O–H groups in total. The first-order valence-corrected chi connectivity index (χ1v) is 6.97. The number of hydrogen-bond donors (Lipinski definition) is 1. The minimum absolute atomic E-state index is 0.289. The molecule has 0 aliphatic carbocycles. The van der Waals surface area contributed by atoms with Gasteiger partial charge in [-0.15, -0.1) is 0 Å². The zero-order chi connectivity index (χ0) is 15.2. The topological polar surface area (TPSA) is 76.8 Å². The van der Waals surface area contributed by atoms with Crippen molar-refractivity contribution in [1.29, 1.82) is 0 Å². The van der Waals surface area contributed by atoms with E-state index in [2.05, 4.69) is 10.3 Å². The maximum Gasteiger partial charge on any atom is 0.274 e. The molecule has 2 aliphatic rings. The molecule has 2 heterocycles. The second-order valence-electron chi connectivity index (χ2n) is 5.32. The van der Waals surface area contributed by atoms with E-state index in [1.165, 1.54) is 0 Å². The van der Waals surface area contributed by atoms with Crippen LogP contribution in [0.5, 0.6) is 0 Å². The van der Waals surface area contributed by atoms with E-state index in [0.717, 1.165) is 21.5 Å². The molecule has 0 saturated carbocycles. The Morgan fingerprint density at radius 3 is 2.59 bits per heavy atom. The monoisotopic (exact) mass is 292 g/mol. The normalized spacial score (nSPS) is 22.3. The largest absolute Gasteiger partial charge is 0.568 e. The van der Waals surface area contributed by atoms with Crippen LogP contribution in [0.4, 0.5) is 0 Å². The molecule has 6 nitrogen and oxygen atoms in total. The Morgan fingerprint density at radius 2 is 1.77 bits per heavy atom. The number of benzene rings is 2. The minimum atomic E-state index is -0.299. The average Bonchev–Trinajstić information content (AvgIpc) is 2.87. The van der Waals surface area contributed by atoms with Gasteiger partial charge in [0.05, 0.1) is 15.8 Å². The fraction of sp³-hybridized carbons (Fsp3) is 0.0625. The Balaban J connectivity index is 1.91. The van der Waals surface area contributed by atoms with Gasteiger partial charge in [0.15, 0.2) is 6.54 Å². The van der Waals surface area contributed by atoms with Crippen molar-refractivity contribution in [2.24, 2.45) is 16.1 Å². The van der Waals surface area contributed by atoms with Gasteiger partial charge in [0, 0.05) is 10.4 Å². The number of fused-ring (bicyclic) bond motifs is 3. The second-order valence-corrected chi connectivity index (χ2v) is 5.32. The fourth-order valence-corrected chi connectivity index (χ4v) is 2.92. The first-order chi connectivity index (χ1) is 10.7. The first kappa shape index (κ1) is 12.7. The van der Waals surface area contributed by atoms with Gasteiger partial charge in [-0.25, -0.2) is 0 Å². The Labute approximate surface area is 127 Å². The van der Waals surface area contributed by atoms with Crippen LogP contribution in [0.2, 0.25) is 0 Å². The zero-order valence-corrected chi connectivity index (χ0v) is 11.8. The van der Waals surface area contributed by atoms with Crippen LogP contribution >= 0.6 is 0 Å². The van der Waals surface area contributed by atoms with Crippen LogP contribution < -0.4 is 5.73 Å². The van der Waals surface area contributed by atoms with Gasteiger partial charge in [-0.1, -0.05) is 47.6 Å². The fourth-order valence-electron chi connectivity index (χ4n) is 2.92. The molecule has 1 atom stereocenters. The van der Waals surface area contributed by atoms with E-state index in [-0.39, 0.29) is 10.5 Å². The van der Waals surface area contributed by atoms with Crippen molar-refractivity contribution >= 4 is 11.9 Å². The Bertz CT molecular complexity index is 841. The molecular weight excluding hydrogens is 278 g/mol. The molecule has 108 valence electrons. The molecule has 22 heavy (non-hydrogen) atoms. The van der Waals surface area contributed by atoms with Gasteiger partial charge < -0.3 is 10.9 Å². The molecule has 2 aliphatic heterocycles. The van der Waals surface area contributed by atoms with Gasteiger partial charge in [-0.3, -0.25) is 0 Å². The summed E-state index contributed by atoms with van der Waals surface area (Å²) < 4.78 is -0.299. The minimum Gasteiger partial charge on any atom is -0.568 e. The number of rotatable bonds is 2. The molecule has 0 aromatic heterocycles. The maximum absolute atomic E-state index is 12.7. The molecule has 0 bridgehead atoms. The van der Waals surface area contributed by atoms with E-state index in [1.54, 1.807) is 6.21 Å². The van der Waals surface area contributed by atoms with Crippen molar-refractivity contribution in [2.45, 2.75) is 6.54 Å². The van der Waals surface area contributed by atoms with Crippen molar-refractivity contribution in [3.05, 3.63) is 82.3 Å². The van der Waals surface area contributed by atoms with E-state index in [9.17, 15) is 5.21 Å². The van der Waals surface area contributed by atoms with Crippen molar-refractivity contribution < 1.29 is 9.55 Å². The summed E-state index contributed by atoms with van der Waals surface area (Å²) in [5, 5.41) is 20.9. The van der Waals surface area contributed by atoms with Crippen LogP contribution in [0.3, 0.4) is 0 Å². The lowest BCUT2D eigenvalue weighted by Gasteiger charge is -2.27. The van der Waals surface area contributed by atoms with Gasteiger partial charge >= 0.3 is 0 Å². The van der Waals surface area contributed by atoms with Crippen molar-refractivity contribution in [1.82, 2.24) is 0 Å². The van der Waals surface area contributed by atoms with Crippen molar-refractivity contribution in [3.8, 4) is 0 Å².